The molecule has 1 aromatic heterocycles. The minimum absolute atomic E-state index is 0.0281. The number of rotatable bonds is 3. The summed E-state index contributed by atoms with van der Waals surface area (Å²) < 4.78 is 2.42. The molecule has 0 spiro atoms. The molecule has 108 valence electrons. The van der Waals surface area contributed by atoms with Crippen LogP contribution in [0.4, 0.5) is 0 Å². The Balaban J connectivity index is 2.15. The second-order valence-corrected chi connectivity index (χ2v) is 6.30. The molecule has 0 aliphatic carbocycles. The molecule has 0 amide bonds. The van der Waals surface area contributed by atoms with E-state index in [2.05, 4.69) is 48.9 Å². The maximum atomic E-state index is 4.99. The Labute approximate surface area is 121 Å². The quantitative estimate of drug-likeness (QED) is 0.921. The number of hydrogen-bond donors (Lipinski definition) is 1. The molecule has 1 atom stereocenters. The van der Waals surface area contributed by atoms with Gasteiger partial charge in [-0.1, -0.05) is 13.0 Å². The van der Waals surface area contributed by atoms with E-state index in [0.29, 0.717) is 0 Å². The normalized spacial score (nSPS) is 23.4. The van der Waals surface area contributed by atoms with Crippen LogP contribution in [0.15, 0.2) is 18.2 Å². The molecule has 20 heavy (non-hydrogen) atoms. The lowest BCUT2D eigenvalue weighted by Gasteiger charge is -2.34. The summed E-state index contributed by atoms with van der Waals surface area (Å²) in [4.78, 5) is 4.99. The van der Waals surface area contributed by atoms with E-state index in [1.807, 2.05) is 0 Å². The maximum absolute atomic E-state index is 4.99. The molecule has 0 bridgehead atoms. The van der Waals surface area contributed by atoms with Crippen molar-refractivity contribution in [1.29, 1.82) is 0 Å². The fourth-order valence-corrected chi connectivity index (χ4v) is 3.36. The molecule has 3 rings (SSSR count). The van der Waals surface area contributed by atoms with Gasteiger partial charge in [0.25, 0.3) is 0 Å². The van der Waals surface area contributed by atoms with Crippen molar-refractivity contribution in [3.8, 4) is 0 Å². The average molecular weight is 271 g/mol. The van der Waals surface area contributed by atoms with E-state index in [9.17, 15) is 0 Å². The van der Waals surface area contributed by atoms with E-state index in [0.717, 1.165) is 25.0 Å². The van der Waals surface area contributed by atoms with Crippen LogP contribution in [0.25, 0.3) is 11.0 Å². The van der Waals surface area contributed by atoms with Crippen LogP contribution < -0.4 is 5.32 Å². The van der Waals surface area contributed by atoms with Crippen molar-refractivity contribution >= 4 is 11.0 Å². The molecule has 1 aliphatic heterocycles. The van der Waals surface area contributed by atoms with E-state index >= 15 is 0 Å². The van der Waals surface area contributed by atoms with Crippen LogP contribution in [0.5, 0.6) is 0 Å². The first kappa shape index (κ1) is 13.6. The fraction of sp³-hybridized carbons (Fsp3) is 0.588. The number of nitrogens with zero attached hydrogens (tertiary/aromatic N) is 2. The van der Waals surface area contributed by atoms with Crippen LogP contribution in [0.3, 0.4) is 0 Å². The lowest BCUT2D eigenvalue weighted by molar-refractivity contribution is 0.261. The Kier molecular flexibility index (Phi) is 3.55. The molecule has 0 radical (unpaired) electrons. The molecule has 1 fully saturated rings. The van der Waals surface area contributed by atoms with E-state index in [1.165, 1.54) is 36.2 Å². The van der Waals surface area contributed by atoms with Gasteiger partial charge in [-0.3, -0.25) is 0 Å². The zero-order valence-corrected chi connectivity index (χ0v) is 12.9. The Morgan fingerprint density at radius 2 is 2.20 bits per heavy atom. The van der Waals surface area contributed by atoms with Gasteiger partial charge in [-0.2, -0.15) is 0 Å². The summed E-state index contributed by atoms with van der Waals surface area (Å²) in [7, 11) is 0. The van der Waals surface area contributed by atoms with Crippen LogP contribution in [0.1, 0.15) is 50.9 Å². The standard InChI is InChI=1S/C17H25N3/c1-4-11-20-15-8-7-13(2)12-14(15)19-16(20)17(3)9-5-6-10-18-17/h7-8,12,18H,4-6,9-11H2,1-3H3. The van der Waals surface area contributed by atoms with Crippen LogP contribution in [0.2, 0.25) is 0 Å². The van der Waals surface area contributed by atoms with Crippen molar-refractivity contribution in [3.63, 3.8) is 0 Å². The predicted molar refractivity (Wildman–Crippen MR) is 84.0 cm³/mol. The first-order valence-electron chi connectivity index (χ1n) is 7.86. The number of fused-ring (bicyclic) bond motifs is 1. The molecular formula is C17H25N3. The van der Waals surface area contributed by atoms with Crippen molar-refractivity contribution in [1.82, 2.24) is 14.9 Å². The van der Waals surface area contributed by atoms with Gasteiger partial charge >= 0.3 is 0 Å². The van der Waals surface area contributed by atoms with Crippen molar-refractivity contribution in [2.45, 2.75) is 58.5 Å². The second-order valence-electron chi connectivity index (χ2n) is 6.30. The summed E-state index contributed by atoms with van der Waals surface area (Å²) in [6, 6.07) is 6.62. The molecule has 1 saturated heterocycles. The van der Waals surface area contributed by atoms with Crippen molar-refractivity contribution in [2.75, 3.05) is 6.54 Å². The van der Waals surface area contributed by atoms with Crippen molar-refractivity contribution < 1.29 is 0 Å². The van der Waals surface area contributed by atoms with Crippen LogP contribution >= 0.6 is 0 Å². The van der Waals surface area contributed by atoms with E-state index in [-0.39, 0.29) is 5.54 Å². The van der Waals surface area contributed by atoms with Gasteiger partial charge in [-0.25, -0.2) is 4.98 Å². The maximum Gasteiger partial charge on any atom is 0.129 e. The van der Waals surface area contributed by atoms with Gasteiger partial charge in [-0.05, 0) is 63.8 Å². The van der Waals surface area contributed by atoms with Crippen LogP contribution in [-0.2, 0) is 12.1 Å². The van der Waals surface area contributed by atoms with Gasteiger partial charge in [0.05, 0.1) is 16.6 Å². The van der Waals surface area contributed by atoms with Gasteiger partial charge in [0, 0.05) is 6.54 Å². The molecule has 1 aliphatic rings. The largest absolute Gasteiger partial charge is 0.326 e. The number of piperidine rings is 1. The number of aryl methyl sites for hydroxylation is 2. The Bertz CT molecular complexity index is 606. The lowest BCUT2D eigenvalue weighted by atomic mass is 9.90. The average Bonchev–Trinajstić information content (AvgIpc) is 2.79. The highest BCUT2D eigenvalue weighted by Crippen LogP contribution is 2.32. The summed E-state index contributed by atoms with van der Waals surface area (Å²) in [5, 5.41) is 3.70. The van der Waals surface area contributed by atoms with E-state index in [4.69, 9.17) is 4.98 Å². The first-order valence-corrected chi connectivity index (χ1v) is 7.86. The molecule has 2 aromatic rings. The Hall–Kier alpha value is -1.35. The topological polar surface area (TPSA) is 29.9 Å². The zero-order valence-electron chi connectivity index (χ0n) is 12.9. The highest BCUT2D eigenvalue weighted by Gasteiger charge is 2.33. The highest BCUT2D eigenvalue weighted by molar-refractivity contribution is 5.77. The summed E-state index contributed by atoms with van der Waals surface area (Å²) in [5.74, 6) is 1.22. The third kappa shape index (κ3) is 2.24. The minimum atomic E-state index is 0.0281. The molecule has 1 N–H and O–H groups in total. The molecule has 3 heteroatoms. The number of hydrogen-bond acceptors (Lipinski definition) is 2. The number of aromatic nitrogens is 2. The smallest absolute Gasteiger partial charge is 0.129 e. The molecule has 2 heterocycles. The minimum Gasteiger partial charge on any atom is -0.326 e. The SMILES string of the molecule is CCCn1c(C2(C)CCCCN2)nc2cc(C)ccc21. The molecule has 1 aromatic carbocycles. The second kappa shape index (κ2) is 5.21. The first-order chi connectivity index (χ1) is 9.64. The predicted octanol–water partition coefficient (Wildman–Crippen LogP) is 3.74. The lowest BCUT2D eigenvalue weighted by Crippen LogP contribution is -2.45. The Morgan fingerprint density at radius 3 is 2.90 bits per heavy atom. The number of nitrogens with one attached hydrogen (secondary N) is 1. The number of benzene rings is 1. The molecule has 1 unspecified atom stereocenters. The van der Waals surface area contributed by atoms with Gasteiger partial charge < -0.3 is 9.88 Å². The Morgan fingerprint density at radius 1 is 1.35 bits per heavy atom. The highest BCUT2D eigenvalue weighted by atomic mass is 15.2. The summed E-state index contributed by atoms with van der Waals surface area (Å²) >= 11 is 0. The van der Waals surface area contributed by atoms with Crippen molar-refractivity contribution in [3.05, 3.63) is 29.6 Å². The zero-order chi connectivity index (χ0) is 14.2. The van der Waals surface area contributed by atoms with Crippen LogP contribution in [-0.4, -0.2) is 16.1 Å². The van der Waals surface area contributed by atoms with Gasteiger partial charge in [-0.15, -0.1) is 0 Å². The summed E-state index contributed by atoms with van der Waals surface area (Å²) in [6.45, 7) is 8.84. The number of imidazole rings is 1. The van der Waals surface area contributed by atoms with Crippen LogP contribution in [0, 0.1) is 6.92 Å². The molecular weight excluding hydrogens is 246 g/mol. The third-order valence-corrected chi connectivity index (χ3v) is 4.46. The third-order valence-electron chi connectivity index (χ3n) is 4.46. The van der Waals surface area contributed by atoms with Gasteiger partial charge in [0.15, 0.2) is 0 Å². The van der Waals surface area contributed by atoms with E-state index < -0.39 is 0 Å². The van der Waals surface area contributed by atoms with Gasteiger partial charge in [0.2, 0.25) is 0 Å². The summed E-state index contributed by atoms with van der Waals surface area (Å²) in [6.07, 6.45) is 4.89. The van der Waals surface area contributed by atoms with Gasteiger partial charge in [0.1, 0.15) is 5.82 Å². The summed E-state index contributed by atoms with van der Waals surface area (Å²) in [5.41, 5.74) is 3.73. The monoisotopic (exact) mass is 271 g/mol. The molecule has 3 nitrogen and oxygen atoms in total. The van der Waals surface area contributed by atoms with Crippen molar-refractivity contribution in [2.24, 2.45) is 0 Å². The fourth-order valence-electron chi connectivity index (χ4n) is 3.36. The van der Waals surface area contributed by atoms with E-state index in [1.54, 1.807) is 0 Å². The molecule has 0 saturated carbocycles.